The van der Waals surface area contributed by atoms with Gasteiger partial charge in [-0.15, -0.1) is 0 Å². The lowest BCUT2D eigenvalue weighted by molar-refractivity contribution is -0.137. The summed E-state index contributed by atoms with van der Waals surface area (Å²) in [7, 11) is 1.38. The van der Waals surface area contributed by atoms with Crippen LogP contribution >= 0.6 is 11.6 Å². The summed E-state index contributed by atoms with van der Waals surface area (Å²) in [6.07, 6.45) is 0.415. The third-order valence-corrected chi connectivity index (χ3v) is 6.22. The van der Waals surface area contributed by atoms with Crippen molar-refractivity contribution >= 4 is 41.0 Å². The van der Waals surface area contributed by atoms with Crippen molar-refractivity contribution < 1.29 is 36.6 Å². The number of halogens is 5. The van der Waals surface area contributed by atoms with E-state index >= 15 is 0 Å². The predicted octanol–water partition coefficient (Wildman–Crippen LogP) is 4.37. The molecule has 0 bridgehead atoms. The highest BCUT2D eigenvalue weighted by atomic mass is 35.5. The Morgan fingerprint density at radius 3 is 2.58 bits per heavy atom. The molecule has 40 heavy (non-hydrogen) atoms. The van der Waals surface area contributed by atoms with Crippen LogP contribution in [0.2, 0.25) is 5.02 Å². The molecule has 1 atom stereocenters. The maximum absolute atomic E-state index is 13.4. The largest absolute Gasteiger partial charge is 0.467 e. The first-order chi connectivity index (χ1) is 19.0. The normalized spacial score (nSPS) is 17.1. The second kappa shape index (κ2) is 11.9. The van der Waals surface area contributed by atoms with Gasteiger partial charge < -0.3 is 20.1 Å². The van der Waals surface area contributed by atoms with Crippen LogP contribution < -0.4 is 15.4 Å². The summed E-state index contributed by atoms with van der Waals surface area (Å²) in [6, 6.07) is 3.63. The van der Waals surface area contributed by atoms with Gasteiger partial charge in [0.2, 0.25) is 5.91 Å². The van der Waals surface area contributed by atoms with Gasteiger partial charge in [-0.2, -0.15) is 13.2 Å². The fourth-order valence-electron chi connectivity index (χ4n) is 3.73. The van der Waals surface area contributed by atoms with E-state index < -0.39 is 34.8 Å². The van der Waals surface area contributed by atoms with E-state index in [4.69, 9.17) is 21.1 Å². The minimum Gasteiger partial charge on any atom is -0.467 e. The highest BCUT2D eigenvalue weighted by Crippen LogP contribution is 2.37. The Balaban J connectivity index is 1.43. The van der Waals surface area contributed by atoms with Crippen LogP contribution in [0.4, 0.5) is 28.9 Å². The number of carbonyl (C=O) groups excluding carboxylic acids is 2. The zero-order valence-corrected chi connectivity index (χ0v) is 21.5. The number of hydrogen-bond donors (Lipinski definition) is 2. The molecule has 210 valence electrons. The number of ether oxygens (including phenoxy) is 2. The number of rotatable bonds is 8. The lowest BCUT2D eigenvalue weighted by Crippen LogP contribution is -2.42. The van der Waals surface area contributed by atoms with Gasteiger partial charge in [0, 0.05) is 25.2 Å². The van der Waals surface area contributed by atoms with Gasteiger partial charge in [-0.05, 0) is 30.7 Å². The number of nitrogens with zero attached hydrogens (tertiary/aromatic N) is 4. The van der Waals surface area contributed by atoms with Gasteiger partial charge in [0.25, 0.3) is 5.91 Å². The summed E-state index contributed by atoms with van der Waals surface area (Å²) in [5.41, 5.74) is -2.36. The summed E-state index contributed by atoms with van der Waals surface area (Å²) in [5.74, 6) is -2.19. The third-order valence-electron chi connectivity index (χ3n) is 5.89. The molecule has 1 saturated heterocycles. The average molecular weight is 581 g/mol. The second-order valence-electron chi connectivity index (χ2n) is 8.63. The molecule has 1 aliphatic rings. The van der Waals surface area contributed by atoms with E-state index in [-0.39, 0.29) is 59.8 Å². The number of aliphatic imine (C=N–C) groups is 1. The SMILES string of the molecule is COc1ncc(C(=O)N=CC2(C(=O)NCc3ncc(Nc4ccc(F)cc4C(F)(F)F)cc3Cl)CCOC2)cn1. The van der Waals surface area contributed by atoms with Gasteiger partial charge in [-0.3, -0.25) is 14.6 Å². The van der Waals surface area contributed by atoms with Crippen LogP contribution in [0, 0.1) is 11.2 Å². The lowest BCUT2D eigenvalue weighted by atomic mass is 9.87. The number of carbonyl (C=O) groups is 2. The van der Waals surface area contributed by atoms with Crippen molar-refractivity contribution in [1.82, 2.24) is 20.3 Å². The van der Waals surface area contributed by atoms with E-state index in [1.54, 1.807) is 0 Å². The van der Waals surface area contributed by atoms with Gasteiger partial charge in [-0.25, -0.2) is 19.4 Å². The number of alkyl halides is 3. The molecule has 10 nitrogen and oxygen atoms in total. The Hall–Kier alpha value is -4.17. The predicted molar refractivity (Wildman–Crippen MR) is 135 cm³/mol. The highest BCUT2D eigenvalue weighted by Gasteiger charge is 2.41. The minimum absolute atomic E-state index is 0.0159. The number of anilines is 2. The van der Waals surface area contributed by atoms with Crippen LogP contribution in [0.3, 0.4) is 0 Å². The molecule has 1 aromatic carbocycles. The fourth-order valence-corrected chi connectivity index (χ4v) is 3.96. The third kappa shape index (κ3) is 6.69. The molecule has 0 aliphatic carbocycles. The van der Waals surface area contributed by atoms with Crippen LogP contribution in [0.15, 0.2) is 47.8 Å². The average Bonchev–Trinajstić information content (AvgIpc) is 3.42. The smallest absolute Gasteiger partial charge is 0.418 e. The van der Waals surface area contributed by atoms with Crippen LogP contribution in [0.25, 0.3) is 0 Å². The van der Waals surface area contributed by atoms with Gasteiger partial charge in [0.05, 0.1) is 59.7 Å². The first-order valence-electron chi connectivity index (χ1n) is 11.6. The Morgan fingerprint density at radius 1 is 1.20 bits per heavy atom. The summed E-state index contributed by atoms with van der Waals surface area (Å²) in [6.45, 7) is 0.123. The van der Waals surface area contributed by atoms with Crippen molar-refractivity contribution in [1.29, 1.82) is 0 Å². The summed E-state index contributed by atoms with van der Waals surface area (Å²) in [4.78, 5) is 41.3. The fraction of sp³-hybridized carbons (Fsp3) is 0.280. The zero-order valence-electron chi connectivity index (χ0n) is 20.8. The van der Waals surface area contributed by atoms with Crippen LogP contribution in [0.1, 0.15) is 28.0 Å². The van der Waals surface area contributed by atoms with Crippen molar-refractivity contribution in [3.63, 3.8) is 0 Å². The molecule has 2 amide bonds. The van der Waals surface area contributed by atoms with E-state index in [0.29, 0.717) is 6.07 Å². The highest BCUT2D eigenvalue weighted by molar-refractivity contribution is 6.31. The first kappa shape index (κ1) is 28.8. The standard InChI is InChI=1S/C25H21ClF4N6O4/c1-39-23-33-8-14(9-34-23)21(37)35-12-24(4-5-40-13-24)22(38)32-11-20-18(26)7-16(10-31-20)36-19-3-2-15(27)6-17(19)25(28,29)30/h2-3,6-10,12,36H,4-5,11,13H2,1H3,(H,32,38). The Labute approximate surface area is 229 Å². The quantitative estimate of drug-likeness (QED) is 0.297. The molecule has 1 fully saturated rings. The Morgan fingerprint density at radius 2 is 1.95 bits per heavy atom. The van der Waals surface area contributed by atoms with Gasteiger partial charge in [0.15, 0.2) is 0 Å². The Kier molecular flexibility index (Phi) is 8.59. The lowest BCUT2D eigenvalue weighted by Gasteiger charge is -2.21. The number of hydrogen-bond acceptors (Lipinski definition) is 8. The molecule has 2 aromatic heterocycles. The van der Waals surface area contributed by atoms with E-state index in [0.717, 1.165) is 12.1 Å². The number of amides is 2. The van der Waals surface area contributed by atoms with Crippen LogP contribution in [0.5, 0.6) is 6.01 Å². The molecule has 0 spiro atoms. The summed E-state index contributed by atoms with van der Waals surface area (Å²) >= 11 is 6.27. The molecule has 0 radical (unpaired) electrons. The Bertz CT molecular complexity index is 1430. The molecule has 3 aromatic rings. The molecular weight excluding hydrogens is 560 g/mol. The molecule has 3 heterocycles. The maximum atomic E-state index is 13.4. The van der Waals surface area contributed by atoms with E-state index in [1.165, 1.54) is 38.0 Å². The maximum Gasteiger partial charge on any atom is 0.418 e. The minimum atomic E-state index is -4.79. The van der Waals surface area contributed by atoms with Gasteiger partial charge in [-0.1, -0.05) is 11.6 Å². The van der Waals surface area contributed by atoms with E-state index in [9.17, 15) is 27.2 Å². The number of nitrogens with one attached hydrogen (secondary N) is 2. The van der Waals surface area contributed by atoms with Crippen molar-refractivity contribution in [2.24, 2.45) is 10.4 Å². The van der Waals surface area contributed by atoms with Crippen molar-refractivity contribution in [2.75, 3.05) is 25.6 Å². The summed E-state index contributed by atoms with van der Waals surface area (Å²) < 4.78 is 63.5. The molecule has 15 heteroatoms. The topological polar surface area (TPSA) is 128 Å². The molecule has 4 rings (SSSR count). The van der Waals surface area contributed by atoms with Crippen LogP contribution in [-0.4, -0.2) is 53.3 Å². The number of pyridine rings is 1. The number of aromatic nitrogens is 3. The molecule has 1 unspecified atom stereocenters. The van der Waals surface area contributed by atoms with Crippen molar-refractivity contribution in [3.05, 3.63) is 70.5 Å². The van der Waals surface area contributed by atoms with Gasteiger partial charge in [0.1, 0.15) is 11.2 Å². The van der Waals surface area contributed by atoms with Crippen molar-refractivity contribution in [3.8, 4) is 6.01 Å². The molecule has 1 aliphatic heterocycles. The van der Waals surface area contributed by atoms with Gasteiger partial charge >= 0.3 is 12.2 Å². The second-order valence-corrected chi connectivity index (χ2v) is 9.04. The van der Waals surface area contributed by atoms with Crippen molar-refractivity contribution in [2.45, 2.75) is 19.1 Å². The number of benzene rings is 1. The van der Waals surface area contributed by atoms with E-state index in [2.05, 4.69) is 30.6 Å². The van der Waals surface area contributed by atoms with Crippen LogP contribution in [-0.2, 0) is 22.3 Å². The summed E-state index contributed by atoms with van der Waals surface area (Å²) in [5, 5.41) is 5.28. The zero-order chi connectivity index (χ0) is 28.9. The monoisotopic (exact) mass is 580 g/mol. The van der Waals surface area contributed by atoms with E-state index in [1.807, 2.05) is 0 Å². The first-order valence-corrected chi connectivity index (χ1v) is 12.0. The number of methoxy groups -OCH3 is 1. The molecule has 2 N–H and O–H groups in total. The molecular formula is C25H21ClF4N6O4. The molecule has 0 saturated carbocycles.